The number of hydrogen-bond donors (Lipinski definition) is 0. The van der Waals surface area contributed by atoms with Crippen molar-refractivity contribution in [1.82, 2.24) is 29.8 Å². The summed E-state index contributed by atoms with van der Waals surface area (Å²) in [4.78, 5) is 14.0. The van der Waals surface area contributed by atoms with E-state index >= 15 is 0 Å². The van der Waals surface area contributed by atoms with Gasteiger partial charge in [0, 0.05) is 45.2 Å². The van der Waals surface area contributed by atoms with Crippen LogP contribution in [0.1, 0.15) is 11.5 Å². The third kappa shape index (κ3) is 2.82. The fourth-order valence-electron chi connectivity index (χ4n) is 3.74. The number of nitrogens with zero attached hydrogens (tertiary/aromatic N) is 7. The molecule has 4 aromatic rings. The second-order valence-electron chi connectivity index (χ2n) is 6.99. The Kier molecular flexibility index (Phi) is 3.78. The van der Waals surface area contributed by atoms with E-state index in [-0.39, 0.29) is 0 Å². The molecule has 0 amide bonds. The van der Waals surface area contributed by atoms with E-state index in [4.69, 9.17) is 9.51 Å². The molecule has 8 heteroatoms. The van der Waals surface area contributed by atoms with Crippen LogP contribution < -0.4 is 4.90 Å². The second-order valence-corrected chi connectivity index (χ2v) is 6.99. The van der Waals surface area contributed by atoms with Gasteiger partial charge < -0.3 is 9.42 Å². The number of para-hydroxylation sites is 1. The average Bonchev–Trinajstić information content (AvgIpc) is 3.26. The predicted octanol–water partition coefficient (Wildman–Crippen LogP) is 2.14. The molecule has 3 aromatic heterocycles. The van der Waals surface area contributed by atoms with E-state index < -0.39 is 0 Å². The van der Waals surface area contributed by atoms with Crippen LogP contribution >= 0.6 is 0 Å². The lowest BCUT2D eigenvalue weighted by molar-refractivity contribution is 0.243. The molecule has 1 saturated heterocycles. The fourth-order valence-corrected chi connectivity index (χ4v) is 3.74. The summed E-state index contributed by atoms with van der Waals surface area (Å²) in [6.45, 7) is 6.46. The molecule has 1 aliphatic rings. The zero-order valence-corrected chi connectivity index (χ0v) is 15.5. The molecular weight excluding hydrogens is 342 g/mol. The SMILES string of the molecule is Cc1nc(N2CCN(Cc3noc4ccccc34)CC2)c2cnn(C)c2n1. The van der Waals surface area contributed by atoms with Crippen LogP contribution in [0.5, 0.6) is 0 Å². The monoisotopic (exact) mass is 363 g/mol. The Hall–Kier alpha value is -3.00. The number of benzene rings is 1. The molecule has 0 unspecified atom stereocenters. The van der Waals surface area contributed by atoms with Gasteiger partial charge >= 0.3 is 0 Å². The van der Waals surface area contributed by atoms with Crippen molar-refractivity contribution in [3.05, 3.63) is 42.0 Å². The number of piperazine rings is 1. The molecule has 0 saturated carbocycles. The molecule has 1 fully saturated rings. The summed E-state index contributed by atoms with van der Waals surface area (Å²) < 4.78 is 7.24. The van der Waals surface area contributed by atoms with E-state index in [0.717, 1.165) is 72.1 Å². The van der Waals surface area contributed by atoms with Crippen molar-refractivity contribution in [1.29, 1.82) is 0 Å². The van der Waals surface area contributed by atoms with Gasteiger partial charge in [-0.05, 0) is 19.1 Å². The normalized spacial score (nSPS) is 15.9. The summed E-state index contributed by atoms with van der Waals surface area (Å²) in [6.07, 6.45) is 1.86. The van der Waals surface area contributed by atoms with Crippen LogP contribution in [0.3, 0.4) is 0 Å². The zero-order valence-electron chi connectivity index (χ0n) is 15.5. The Bertz CT molecular complexity index is 1110. The molecule has 0 aliphatic carbocycles. The number of hydrogen-bond acceptors (Lipinski definition) is 7. The van der Waals surface area contributed by atoms with Gasteiger partial charge in [-0.2, -0.15) is 5.10 Å². The highest BCUT2D eigenvalue weighted by Gasteiger charge is 2.23. The van der Waals surface area contributed by atoms with E-state index in [2.05, 4.69) is 31.1 Å². The maximum Gasteiger partial charge on any atom is 0.167 e. The lowest BCUT2D eigenvalue weighted by Crippen LogP contribution is -2.46. The summed E-state index contributed by atoms with van der Waals surface area (Å²) in [5, 5.41) is 10.7. The minimum absolute atomic E-state index is 0.776. The first kappa shape index (κ1) is 16.2. The van der Waals surface area contributed by atoms with Gasteiger partial charge in [0.05, 0.1) is 11.6 Å². The predicted molar refractivity (Wildman–Crippen MR) is 103 cm³/mol. The van der Waals surface area contributed by atoms with Crippen LogP contribution in [0.25, 0.3) is 22.0 Å². The summed E-state index contributed by atoms with van der Waals surface area (Å²) in [7, 11) is 1.92. The first-order valence-electron chi connectivity index (χ1n) is 9.16. The second kappa shape index (κ2) is 6.31. The highest BCUT2D eigenvalue weighted by atomic mass is 16.5. The van der Waals surface area contributed by atoms with Crippen molar-refractivity contribution in [3.8, 4) is 0 Å². The van der Waals surface area contributed by atoms with Crippen LogP contribution in [0, 0.1) is 6.92 Å². The van der Waals surface area contributed by atoms with E-state index in [1.165, 1.54) is 0 Å². The maximum absolute atomic E-state index is 5.43. The largest absolute Gasteiger partial charge is 0.356 e. The van der Waals surface area contributed by atoms with Gasteiger partial charge in [0.1, 0.15) is 17.3 Å². The summed E-state index contributed by atoms with van der Waals surface area (Å²) in [5.41, 5.74) is 2.74. The summed E-state index contributed by atoms with van der Waals surface area (Å²) in [6, 6.07) is 8.02. The van der Waals surface area contributed by atoms with Gasteiger partial charge in [-0.3, -0.25) is 9.58 Å². The third-order valence-electron chi connectivity index (χ3n) is 5.18. The highest BCUT2D eigenvalue weighted by Crippen LogP contribution is 2.25. The van der Waals surface area contributed by atoms with Gasteiger partial charge in [0.2, 0.25) is 0 Å². The van der Waals surface area contributed by atoms with E-state index in [0.29, 0.717) is 0 Å². The first-order valence-corrected chi connectivity index (χ1v) is 9.16. The number of anilines is 1. The molecule has 1 aliphatic heterocycles. The molecule has 1 aromatic carbocycles. The van der Waals surface area contributed by atoms with E-state index in [1.807, 2.05) is 38.4 Å². The number of fused-ring (bicyclic) bond motifs is 2. The first-order chi connectivity index (χ1) is 13.2. The minimum Gasteiger partial charge on any atom is -0.356 e. The maximum atomic E-state index is 5.43. The quantitative estimate of drug-likeness (QED) is 0.552. The van der Waals surface area contributed by atoms with Gasteiger partial charge in [-0.25, -0.2) is 9.97 Å². The van der Waals surface area contributed by atoms with Crippen LogP contribution in [-0.4, -0.2) is 56.0 Å². The standard InChI is InChI=1S/C19H21N7O/c1-13-21-18-15(11-20-24(18)2)19(22-13)26-9-7-25(8-10-26)12-16-14-5-3-4-6-17(14)27-23-16/h3-6,11H,7-10,12H2,1-2H3. The Balaban J connectivity index is 1.33. The lowest BCUT2D eigenvalue weighted by Gasteiger charge is -2.35. The number of rotatable bonds is 3. The van der Waals surface area contributed by atoms with Gasteiger partial charge in [-0.15, -0.1) is 0 Å². The van der Waals surface area contributed by atoms with Gasteiger partial charge in [0.15, 0.2) is 11.2 Å². The Morgan fingerprint density at radius 3 is 2.70 bits per heavy atom. The number of aromatic nitrogens is 5. The van der Waals surface area contributed by atoms with Gasteiger partial charge in [0.25, 0.3) is 0 Å². The van der Waals surface area contributed by atoms with Crippen molar-refractivity contribution >= 4 is 27.8 Å². The molecule has 0 atom stereocenters. The molecule has 0 bridgehead atoms. The van der Waals surface area contributed by atoms with Crippen molar-refractivity contribution in [2.75, 3.05) is 31.1 Å². The minimum atomic E-state index is 0.776. The molecule has 27 heavy (non-hydrogen) atoms. The zero-order chi connectivity index (χ0) is 18.4. The van der Waals surface area contributed by atoms with Crippen molar-refractivity contribution in [2.45, 2.75) is 13.5 Å². The molecule has 4 heterocycles. The van der Waals surface area contributed by atoms with Crippen LogP contribution in [0.2, 0.25) is 0 Å². The third-order valence-corrected chi connectivity index (χ3v) is 5.18. The molecule has 8 nitrogen and oxygen atoms in total. The summed E-state index contributed by atoms with van der Waals surface area (Å²) in [5.74, 6) is 1.76. The topological polar surface area (TPSA) is 76.1 Å². The Labute approximate surface area is 156 Å². The van der Waals surface area contributed by atoms with Crippen molar-refractivity contribution in [3.63, 3.8) is 0 Å². The molecule has 0 N–H and O–H groups in total. The van der Waals surface area contributed by atoms with Crippen LogP contribution in [-0.2, 0) is 13.6 Å². The van der Waals surface area contributed by atoms with Crippen LogP contribution in [0.4, 0.5) is 5.82 Å². The van der Waals surface area contributed by atoms with Crippen LogP contribution in [0.15, 0.2) is 35.0 Å². The average molecular weight is 363 g/mol. The van der Waals surface area contributed by atoms with Crippen molar-refractivity contribution < 1.29 is 4.52 Å². The Morgan fingerprint density at radius 1 is 1.04 bits per heavy atom. The smallest absolute Gasteiger partial charge is 0.167 e. The highest BCUT2D eigenvalue weighted by molar-refractivity contribution is 5.87. The fraction of sp³-hybridized carbons (Fsp3) is 0.368. The molecule has 0 spiro atoms. The number of aryl methyl sites for hydroxylation is 2. The van der Waals surface area contributed by atoms with Gasteiger partial charge in [-0.1, -0.05) is 17.3 Å². The molecular formula is C19H21N7O. The molecule has 138 valence electrons. The molecule has 0 radical (unpaired) electrons. The molecule has 5 rings (SSSR count). The Morgan fingerprint density at radius 2 is 1.85 bits per heavy atom. The summed E-state index contributed by atoms with van der Waals surface area (Å²) >= 11 is 0. The van der Waals surface area contributed by atoms with Crippen molar-refractivity contribution in [2.24, 2.45) is 7.05 Å². The lowest BCUT2D eigenvalue weighted by atomic mass is 10.2. The van der Waals surface area contributed by atoms with E-state index in [1.54, 1.807) is 4.68 Å². The van der Waals surface area contributed by atoms with E-state index in [9.17, 15) is 0 Å².